The van der Waals surface area contributed by atoms with Crippen LogP contribution in [0.15, 0.2) is 48.6 Å². The normalized spacial score (nSPS) is 15.1. The molecule has 0 bridgehead atoms. The Morgan fingerprint density at radius 3 is 1.83 bits per heavy atom. The van der Waals surface area contributed by atoms with Crippen LogP contribution in [0.1, 0.15) is 25.8 Å². The van der Waals surface area contributed by atoms with Crippen LogP contribution in [-0.4, -0.2) is 47.6 Å². The number of benzene rings is 1. The first-order valence-corrected chi connectivity index (χ1v) is 9.15. The maximum atomic E-state index is 11.5. The van der Waals surface area contributed by atoms with E-state index in [0.29, 0.717) is 18.8 Å². The van der Waals surface area contributed by atoms with Crippen molar-refractivity contribution >= 4 is 35.3 Å². The Morgan fingerprint density at radius 1 is 0.862 bits per heavy atom. The second-order valence-electron chi connectivity index (χ2n) is 6.21. The summed E-state index contributed by atoms with van der Waals surface area (Å²) < 4.78 is 4.85. The number of esters is 1. The molecule has 0 unspecified atom stereocenters. The van der Waals surface area contributed by atoms with Gasteiger partial charge in [-0.05, 0) is 37.5 Å². The van der Waals surface area contributed by atoms with Gasteiger partial charge in [-0.3, -0.25) is 28.9 Å². The van der Waals surface area contributed by atoms with E-state index < -0.39 is 0 Å². The Balaban J connectivity index is 0.000000278. The van der Waals surface area contributed by atoms with Gasteiger partial charge in [-0.2, -0.15) is 0 Å². The van der Waals surface area contributed by atoms with Crippen molar-refractivity contribution in [3.05, 3.63) is 54.1 Å². The monoisotopic (exact) mass is 398 g/mol. The van der Waals surface area contributed by atoms with Crippen molar-refractivity contribution in [3.63, 3.8) is 0 Å². The Hall–Kier alpha value is -3.55. The summed E-state index contributed by atoms with van der Waals surface area (Å²) in [4.78, 5) is 57.2. The summed E-state index contributed by atoms with van der Waals surface area (Å²) in [5.41, 5.74) is 1.63. The summed E-state index contributed by atoms with van der Waals surface area (Å²) in [6.45, 7) is 4.00. The van der Waals surface area contributed by atoms with Gasteiger partial charge in [0, 0.05) is 37.8 Å². The van der Waals surface area contributed by atoms with Crippen molar-refractivity contribution in [2.24, 2.45) is 0 Å². The van der Waals surface area contributed by atoms with Gasteiger partial charge in [0.1, 0.15) is 0 Å². The van der Waals surface area contributed by atoms with Crippen molar-refractivity contribution in [3.8, 4) is 0 Å². The summed E-state index contributed by atoms with van der Waals surface area (Å²) >= 11 is 0. The van der Waals surface area contributed by atoms with E-state index in [0.717, 1.165) is 23.3 Å². The zero-order valence-corrected chi connectivity index (χ0v) is 16.3. The minimum atomic E-state index is -0.322. The molecule has 1 aromatic rings. The first kappa shape index (κ1) is 21.7. The second kappa shape index (κ2) is 10.1. The molecule has 0 fully saturated rings. The summed E-state index contributed by atoms with van der Waals surface area (Å²) in [5, 5.41) is 0. The lowest BCUT2D eigenvalue weighted by atomic mass is 10.1. The average Bonchev–Trinajstić information content (AvgIpc) is 3.20. The molecule has 0 N–H and O–H groups in total. The van der Waals surface area contributed by atoms with Crippen LogP contribution in [0, 0.1) is 0 Å². The molecule has 4 amide bonds. The smallest absolute Gasteiger partial charge is 0.302 e. The fourth-order valence-corrected chi connectivity index (χ4v) is 2.70. The van der Waals surface area contributed by atoms with E-state index in [1.165, 1.54) is 36.1 Å². The van der Waals surface area contributed by atoms with Gasteiger partial charge in [-0.1, -0.05) is 12.1 Å². The van der Waals surface area contributed by atoms with Crippen LogP contribution in [-0.2, 0) is 35.1 Å². The molecule has 3 rings (SSSR count). The molecule has 0 spiro atoms. The highest BCUT2D eigenvalue weighted by Crippen LogP contribution is 2.19. The summed E-state index contributed by atoms with van der Waals surface area (Å²) in [6, 6.07) is 7.21. The van der Waals surface area contributed by atoms with Crippen LogP contribution < -0.4 is 4.90 Å². The van der Waals surface area contributed by atoms with Crippen LogP contribution in [0.2, 0.25) is 0 Å². The molecular weight excluding hydrogens is 376 g/mol. The molecule has 8 nitrogen and oxygen atoms in total. The van der Waals surface area contributed by atoms with E-state index in [2.05, 4.69) is 0 Å². The van der Waals surface area contributed by atoms with Crippen molar-refractivity contribution in [1.29, 1.82) is 0 Å². The lowest BCUT2D eigenvalue weighted by Crippen LogP contribution is -2.29. The third-order valence-electron chi connectivity index (χ3n) is 4.14. The maximum absolute atomic E-state index is 11.5. The number of aryl methyl sites for hydroxylation is 1. The second-order valence-corrected chi connectivity index (χ2v) is 6.21. The van der Waals surface area contributed by atoms with Gasteiger partial charge < -0.3 is 4.74 Å². The number of carbonyl (C=O) groups excluding carboxylic acids is 5. The largest absolute Gasteiger partial charge is 0.466 e. The van der Waals surface area contributed by atoms with E-state index in [1.807, 2.05) is 12.1 Å². The lowest BCUT2D eigenvalue weighted by molar-refractivity contribution is -0.141. The van der Waals surface area contributed by atoms with Gasteiger partial charge in [0.15, 0.2) is 0 Å². The first-order valence-electron chi connectivity index (χ1n) is 9.15. The topological polar surface area (TPSA) is 101 Å². The van der Waals surface area contributed by atoms with Gasteiger partial charge in [0.2, 0.25) is 0 Å². The minimum absolute atomic E-state index is 0.206. The number of rotatable bonds is 6. The number of anilines is 1. The van der Waals surface area contributed by atoms with E-state index in [1.54, 1.807) is 19.1 Å². The van der Waals surface area contributed by atoms with Crippen LogP contribution in [0.25, 0.3) is 0 Å². The molecule has 2 heterocycles. The molecule has 152 valence electrons. The third-order valence-corrected chi connectivity index (χ3v) is 4.14. The quantitative estimate of drug-likeness (QED) is 0.409. The molecule has 0 saturated carbocycles. The highest BCUT2D eigenvalue weighted by molar-refractivity contribution is 6.28. The SMILES string of the molecule is CC(=O)OCCCc1ccc(N2C(=O)C=CC2=O)cc1.CCN1C(=O)C=CC1=O. The molecule has 0 aromatic heterocycles. The number of likely N-dealkylation sites (N-methyl/N-ethyl adjacent to an activating group) is 1. The van der Waals surface area contributed by atoms with Gasteiger partial charge in [0.05, 0.1) is 12.3 Å². The number of imide groups is 2. The van der Waals surface area contributed by atoms with E-state index in [-0.39, 0.29) is 29.6 Å². The Morgan fingerprint density at radius 2 is 1.38 bits per heavy atom. The summed E-state index contributed by atoms with van der Waals surface area (Å²) in [7, 11) is 0. The van der Waals surface area contributed by atoms with Crippen molar-refractivity contribution in [2.45, 2.75) is 26.7 Å². The fourth-order valence-electron chi connectivity index (χ4n) is 2.70. The van der Waals surface area contributed by atoms with Crippen molar-refractivity contribution < 1.29 is 28.7 Å². The summed E-state index contributed by atoms with van der Waals surface area (Å²) in [5.74, 6) is -1.33. The van der Waals surface area contributed by atoms with E-state index in [9.17, 15) is 24.0 Å². The van der Waals surface area contributed by atoms with Gasteiger partial charge >= 0.3 is 5.97 Å². The highest BCUT2D eigenvalue weighted by atomic mass is 16.5. The van der Waals surface area contributed by atoms with Crippen molar-refractivity contribution in [1.82, 2.24) is 4.90 Å². The zero-order chi connectivity index (χ0) is 21.4. The molecule has 2 aliphatic heterocycles. The number of carbonyl (C=O) groups is 5. The predicted octanol–water partition coefficient (Wildman–Crippen LogP) is 1.54. The summed E-state index contributed by atoms with van der Waals surface area (Å²) in [6.07, 6.45) is 6.60. The number of nitrogens with zero attached hydrogens (tertiary/aromatic N) is 2. The fraction of sp³-hybridized carbons (Fsp3) is 0.286. The molecule has 0 saturated heterocycles. The first-order chi connectivity index (χ1) is 13.8. The van der Waals surface area contributed by atoms with Crippen LogP contribution >= 0.6 is 0 Å². The number of amides is 4. The molecule has 0 radical (unpaired) electrons. The van der Waals surface area contributed by atoms with E-state index in [4.69, 9.17) is 4.74 Å². The van der Waals surface area contributed by atoms with Gasteiger partial charge in [0.25, 0.3) is 23.6 Å². The molecule has 29 heavy (non-hydrogen) atoms. The minimum Gasteiger partial charge on any atom is -0.466 e. The van der Waals surface area contributed by atoms with Gasteiger partial charge in [-0.25, -0.2) is 4.90 Å². The Kier molecular flexibility index (Phi) is 7.59. The molecule has 2 aliphatic rings. The van der Waals surface area contributed by atoms with Crippen LogP contribution in [0.3, 0.4) is 0 Å². The van der Waals surface area contributed by atoms with Crippen LogP contribution in [0.4, 0.5) is 5.69 Å². The molecule has 8 heteroatoms. The Labute approximate surface area is 168 Å². The third kappa shape index (κ3) is 5.97. The highest BCUT2D eigenvalue weighted by Gasteiger charge is 2.24. The predicted molar refractivity (Wildman–Crippen MR) is 105 cm³/mol. The van der Waals surface area contributed by atoms with Crippen LogP contribution in [0.5, 0.6) is 0 Å². The zero-order valence-electron chi connectivity index (χ0n) is 16.3. The van der Waals surface area contributed by atoms with Crippen molar-refractivity contribution in [2.75, 3.05) is 18.1 Å². The number of ether oxygens (including phenoxy) is 1. The standard InChI is InChI=1S/C15H15NO4.C6H7NO2/c1-11(17)20-10-2-3-12-4-6-13(7-5-12)16-14(18)8-9-15(16)19;1-2-7-5(8)3-4-6(7)9/h4-9H,2-3,10H2,1H3;3-4H,2H2,1H3. The molecular formula is C21H22N2O6. The maximum Gasteiger partial charge on any atom is 0.302 e. The molecule has 1 aromatic carbocycles. The van der Waals surface area contributed by atoms with Gasteiger partial charge in [-0.15, -0.1) is 0 Å². The average molecular weight is 398 g/mol. The lowest BCUT2D eigenvalue weighted by Gasteiger charge is -2.14. The number of hydrogen-bond acceptors (Lipinski definition) is 6. The Bertz CT molecular complexity index is 834. The molecule has 0 aliphatic carbocycles. The van der Waals surface area contributed by atoms with E-state index >= 15 is 0 Å². The molecule has 0 atom stereocenters. The number of hydrogen-bond donors (Lipinski definition) is 0.